The predicted molar refractivity (Wildman–Crippen MR) is 134 cm³/mol. The molecule has 12 heteroatoms. The van der Waals surface area contributed by atoms with E-state index in [1.54, 1.807) is 12.1 Å². The highest BCUT2D eigenvalue weighted by molar-refractivity contribution is 5.94. The van der Waals surface area contributed by atoms with Crippen LogP contribution in [0.2, 0.25) is 0 Å². The number of hydrogen-bond acceptors (Lipinski definition) is 7. The van der Waals surface area contributed by atoms with Crippen molar-refractivity contribution in [1.29, 1.82) is 0 Å². The predicted octanol–water partition coefficient (Wildman–Crippen LogP) is 1.30. The number of morpholine rings is 1. The maximum atomic E-state index is 14.8. The van der Waals surface area contributed by atoms with E-state index in [2.05, 4.69) is 20.5 Å². The Bertz CT molecular complexity index is 1360. The molecule has 2 aliphatic heterocycles. The zero-order valence-corrected chi connectivity index (χ0v) is 20.7. The fraction of sp³-hybridized carbons (Fsp3) is 0.462. The third-order valence-electron chi connectivity index (χ3n) is 6.95. The van der Waals surface area contributed by atoms with Gasteiger partial charge in [0.25, 0.3) is 11.5 Å². The van der Waals surface area contributed by atoms with E-state index in [-0.39, 0.29) is 23.1 Å². The monoisotopic (exact) mass is 533 g/mol. The Kier molecular flexibility index (Phi) is 7.57. The minimum atomic E-state index is -3.28. The van der Waals surface area contributed by atoms with Crippen molar-refractivity contribution in [3.8, 4) is 5.75 Å². The van der Waals surface area contributed by atoms with E-state index in [1.807, 2.05) is 0 Å². The molecule has 2 aromatic heterocycles. The van der Waals surface area contributed by atoms with Crippen LogP contribution in [0.25, 0.3) is 11.0 Å². The van der Waals surface area contributed by atoms with Crippen LogP contribution >= 0.6 is 0 Å². The highest BCUT2D eigenvalue weighted by atomic mass is 19.3. The molecule has 9 nitrogen and oxygen atoms in total. The molecule has 38 heavy (non-hydrogen) atoms. The summed E-state index contributed by atoms with van der Waals surface area (Å²) in [6, 6.07) is 5.73. The average molecular weight is 534 g/mol. The summed E-state index contributed by atoms with van der Waals surface area (Å²) in [5.41, 5.74) is -0.0695. The van der Waals surface area contributed by atoms with E-state index in [4.69, 9.17) is 9.84 Å². The van der Waals surface area contributed by atoms with E-state index in [0.29, 0.717) is 37.3 Å². The largest absolute Gasteiger partial charge is 0.870 e. The van der Waals surface area contributed by atoms with Gasteiger partial charge in [-0.05, 0) is 30.7 Å². The van der Waals surface area contributed by atoms with Crippen LogP contribution in [0.1, 0.15) is 29.3 Å². The second-order valence-corrected chi connectivity index (χ2v) is 9.70. The number of alkyl halides is 2. The molecule has 1 atom stereocenters. The first-order valence-electron chi connectivity index (χ1n) is 12.6. The molecule has 0 saturated carbocycles. The number of hydrogen-bond donors (Lipinski definition) is 2. The fourth-order valence-electron chi connectivity index (χ4n) is 4.98. The lowest BCUT2D eigenvalue weighted by Gasteiger charge is -2.26. The number of nitrogens with zero attached hydrogens (tertiary/aromatic N) is 3. The summed E-state index contributed by atoms with van der Waals surface area (Å²) in [4.78, 5) is 19.9. The Hall–Kier alpha value is -3.19. The molecule has 1 fully saturated rings. The third kappa shape index (κ3) is 5.48. The molecule has 1 aromatic carbocycles. The molecule has 1 saturated heterocycles. The first-order chi connectivity index (χ1) is 18.2. The van der Waals surface area contributed by atoms with Gasteiger partial charge < -0.3 is 20.3 Å². The summed E-state index contributed by atoms with van der Waals surface area (Å²) in [6.07, 6.45) is 0.934. The summed E-state index contributed by atoms with van der Waals surface area (Å²) in [5, 5.41) is 27.5. The number of halogens is 3. The Morgan fingerprint density at radius 3 is 2.71 bits per heavy atom. The lowest BCUT2D eigenvalue weighted by Crippen LogP contribution is -2.39. The maximum Gasteiger partial charge on any atom is 0.282 e. The number of anilines is 1. The van der Waals surface area contributed by atoms with Gasteiger partial charge in [-0.15, -0.1) is 0 Å². The van der Waals surface area contributed by atoms with Crippen molar-refractivity contribution < 1.29 is 28.1 Å². The molecular formula is C26H30F3N5O4. The topological polar surface area (TPSA) is 117 Å². The van der Waals surface area contributed by atoms with Gasteiger partial charge in [0.2, 0.25) is 6.23 Å². The van der Waals surface area contributed by atoms with Gasteiger partial charge >= 0.3 is 0 Å². The van der Waals surface area contributed by atoms with Crippen molar-refractivity contribution in [3.63, 3.8) is 0 Å². The molecule has 3 aromatic rings. The number of aromatic nitrogens is 2. The molecule has 0 radical (unpaired) electrons. The first-order valence-corrected chi connectivity index (χ1v) is 12.6. The van der Waals surface area contributed by atoms with Gasteiger partial charge in [0.1, 0.15) is 11.4 Å². The quantitative estimate of drug-likeness (QED) is 0.255. The smallest absolute Gasteiger partial charge is 0.282 e. The second-order valence-electron chi connectivity index (χ2n) is 9.70. The van der Waals surface area contributed by atoms with Crippen LogP contribution in [-0.4, -0.2) is 71.4 Å². The van der Waals surface area contributed by atoms with E-state index >= 15 is 0 Å². The molecular weight excluding hydrogens is 503 g/mol. The summed E-state index contributed by atoms with van der Waals surface area (Å²) < 4.78 is 49.1. The molecule has 2 aliphatic rings. The highest BCUT2D eigenvalue weighted by Crippen LogP contribution is 2.36. The molecule has 5 rings (SSSR count). The molecule has 0 spiro atoms. The fourth-order valence-corrected chi connectivity index (χ4v) is 4.98. The van der Waals surface area contributed by atoms with Gasteiger partial charge in [0.05, 0.1) is 43.0 Å². The molecule has 4 heterocycles. The number of pyridine rings is 2. The van der Waals surface area contributed by atoms with Gasteiger partial charge in [-0.2, -0.15) is 0 Å². The minimum Gasteiger partial charge on any atom is -0.870 e. The van der Waals surface area contributed by atoms with E-state index in [0.717, 1.165) is 24.2 Å². The van der Waals surface area contributed by atoms with Crippen LogP contribution in [0.3, 0.4) is 0 Å². The Morgan fingerprint density at radius 1 is 1.24 bits per heavy atom. The van der Waals surface area contributed by atoms with Gasteiger partial charge in [0.15, 0.2) is 0 Å². The lowest BCUT2D eigenvalue weighted by molar-refractivity contribution is -0.268. The molecule has 0 bridgehead atoms. The first kappa shape index (κ1) is 26.4. The Balaban J connectivity index is 1.47. The van der Waals surface area contributed by atoms with Crippen LogP contribution < -0.4 is 21.3 Å². The molecule has 4 N–H and O–H groups in total. The van der Waals surface area contributed by atoms with E-state index in [9.17, 15) is 23.1 Å². The van der Waals surface area contributed by atoms with Crippen molar-refractivity contribution >= 4 is 16.7 Å². The highest BCUT2D eigenvalue weighted by Gasteiger charge is 2.36. The molecule has 0 aliphatic carbocycles. The SMILES string of the molecule is O=c1c(C([OH2+])NCCCN2CCOCC2)c([O-])c2ncc(Cc3ccc(F)cc3)c3c2n1CC(F)(F)CN3. The number of ether oxygens (including phenoxy) is 1. The van der Waals surface area contributed by atoms with E-state index < -0.39 is 47.9 Å². The van der Waals surface area contributed by atoms with Gasteiger partial charge in [-0.3, -0.25) is 19.2 Å². The molecule has 204 valence electrons. The third-order valence-corrected chi connectivity index (χ3v) is 6.95. The van der Waals surface area contributed by atoms with Crippen molar-refractivity contribution in [2.45, 2.75) is 31.5 Å². The maximum absolute atomic E-state index is 14.8. The van der Waals surface area contributed by atoms with Gasteiger partial charge in [-0.25, -0.2) is 18.5 Å². The Labute approximate surface area is 216 Å². The number of nitrogens with one attached hydrogen (secondary N) is 2. The minimum absolute atomic E-state index is 0.0000501. The second kappa shape index (κ2) is 10.9. The lowest BCUT2D eigenvalue weighted by atomic mass is 10.0. The van der Waals surface area contributed by atoms with Crippen LogP contribution in [0.15, 0.2) is 35.3 Å². The normalized spacial score (nSPS) is 18.2. The van der Waals surface area contributed by atoms with Gasteiger partial charge in [-0.1, -0.05) is 17.9 Å². The van der Waals surface area contributed by atoms with Crippen molar-refractivity contribution in [3.05, 3.63) is 63.3 Å². The van der Waals surface area contributed by atoms with Crippen LogP contribution in [0.5, 0.6) is 5.75 Å². The Morgan fingerprint density at radius 2 is 1.97 bits per heavy atom. The zero-order chi connectivity index (χ0) is 26.9. The van der Waals surface area contributed by atoms with Crippen LogP contribution in [-0.2, 0) is 17.7 Å². The van der Waals surface area contributed by atoms with Crippen molar-refractivity contribution in [1.82, 2.24) is 19.8 Å². The summed E-state index contributed by atoms with van der Waals surface area (Å²) in [7, 11) is 0. The van der Waals surface area contributed by atoms with E-state index in [1.165, 1.54) is 18.3 Å². The summed E-state index contributed by atoms with van der Waals surface area (Å²) in [6.45, 7) is 2.45. The molecule has 0 amide bonds. The van der Waals surface area contributed by atoms with Gasteiger partial charge in [0, 0.05) is 37.8 Å². The number of rotatable bonds is 8. The average Bonchev–Trinajstić information content (AvgIpc) is 3.04. The zero-order valence-electron chi connectivity index (χ0n) is 20.7. The van der Waals surface area contributed by atoms with Crippen LogP contribution in [0.4, 0.5) is 18.9 Å². The van der Waals surface area contributed by atoms with Crippen molar-refractivity contribution in [2.24, 2.45) is 0 Å². The standard InChI is InChI=1S/C26H30F3N5O4/c27-18-4-2-16(3-5-18)12-17-13-31-21-22-20(17)32-14-26(28,29)15-34(22)25(37)19(23(21)35)24(36)30-6-1-7-33-8-10-38-11-9-33/h2-5,13,24,30,32,35-36H,1,6-12,14-15H2. The summed E-state index contributed by atoms with van der Waals surface area (Å²) in [5.74, 6) is -4.44. The number of benzene rings is 1. The molecule has 1 unspecified atom stereocenters. The van der Waals surface area contributed by atoms with Crippen LogP contribution in [0, 0.1) is 5.82 Å². The van der Waals surface area contributed by atoms with Crippen molar-refractivity contribution in [2.75, 3.05) is 51.3 Å². The summed E-state index contributed by atoms with van der Waals surface area (Å²) >= 11 is 0.